The number of carboxylic acid groups (broad SMARTS) is 1. The highest BCUT2D eigenvalue weighted by Crippen LogP contribution is 2.20. The van der Waals surface area contributed by atoms with Crippen molar-refractivity contribution in [2.75, 3.05) is 13.2 Å². The van der Waals surface area contributed by atoms with Gasteiger partial charge in [-0.2, -0.15) is 0 Å². The zero-order valence-electron chi connectivity index (χ0n) is 9.09. The van der Waals surface area contributed by atoms with Crippen molar-refractivity contribution in [3.8, 4) is 0 Å². The number of hydrogen-bond acceptors (Lipinski definition) is 4. The Hall–Kier alpha value is -1.89. The molecule has 1 saturated heterocycles. The van der Waals surface area contributed by atoms with Crippen molar-refractivity contribution in [1.29, 1.82) is 0 Å². The van der Waals surface area contributed by atoms with Gasteiger partial charge in [-0.15, -0.1) is 0 Å². The number of aliphatic hydroxyl groups is 1. The molecule has 3 N–H and O–H groups in total. The zero-order chi connectivity index (χ0) is 12.4. The quantitative estimate of drug-likeness (QED) is 0.671. The number of likely N-dealkylation sites (tertiary alicyclic amines) is 1. The summed E-state index contributed by atoms with van der Waals surface area (Å²) in [7, 11) is 0. The highest BCUT2D eigenvalue weighted by molar-refractivity contribution is 6.02. The zero-order valence-corrected chi connectivity index (χ0v) is 9.09. The maximum atomic E-state index is 12.1. The molecule has 2 rings (SSSR count). The highest BCUT2D eigenvalue weighted by atomic mass is 16.4. The maximum absolute atomic E-state index is 12.1. The lowest BCUT2D eigenvalue weighted by Crippen LogP contribution is -2.38. The molecule has 1 aromatic heterocycles. The Morgan fingerprint density at radius 2 is 2.35 bits per heavy atom. The first-order valence-electron chi connectivity index (χ1n) is 5.33. The lowest BCUT2D eigenvalue weighted by molar-refractivity contribution is 0.0638. The fourth-order valence-electron chi connectivity index (χ4n) is 2.05. The van der Waals surface area contributed by atoms with Crippen LogP contribution in [0.5, 0.6) is 0 Å². The monoisotopic (exact) mass is 239 g/mol. The summed E-state index contributed by atoms with van der Waals surface area (Å²) in [5.41, 5.74) is -0.309. The smallest absolute Gasteiger partial charge is 0.354 e. The molecular weight excluding hydrogens is 226 g/mol. The van der Waals surface area contributed by atoms with Gasteiger partial charge >= 0.3 is 5.97 Å². The van der Waals surface area contributed by atoms with Gasteiger partial charge < -0.3 is 20.1 Å². The molecule has 2 heterocycles. The van der Waals surface area contributed by atoms with Gasteiger partial charge in [-0.1, -0.05) is 0 Å². The van der Waals surface area contributed by atoms with Crippen LogP contribution in [0, 0.1) is 0 Å². The fourth-order valence-corrected chi connectivity index (χ4v) is 2.05. The molecule has 0 radical (unpaired) electrons. The average Bonchev–Trinajstić information content (AvgIpc) is 2.96. The van der Waals surface area contributed by atoms with Crippen LogP contribution in [-0.2, 0) is 0 Å². The van der Waals surface area contributed by atoms with Gasteiger partial charge in [0.1, 0.15) is 0 Å². The molecule has 1 aromatic rings. The van der Waals surface area contributed by atoms with Gasteiger partial charge in [0.2, 0.25) is 0 Å². The average molecular weight is 239 g/mol. The number of hydrogen-bond donors (Lipinski definition) is 3. The second-order valence-corrected chi connectivity index (χ2v) is 3.91. The number of H-pyrrole nitrogens is 1. The van der Waals surface area contributed by atoms with E-state index in [1.165, 1.54) is 11.2 Å². The number of rotatable bonds is 3. The molecule has 1 amide bonds. The van der Waals surface area contributed by atoms with Crippen molar-refractivity contribution in [3.05, 3.63) is 17.7 Å². The lowest BCUT2D eigenvalue weighted by Gasteiger charge is -2.22. The molecule has 1 aliphatic rings. The minimum absolute atomic E-state index is 0.0992. The number of aromatic nitrogens is 2. The number of carbonyl (C=O) groups is 2. The number of nitrogens with zero attached hydrogens (tertiary/aromatic N) is 2. The topological polar surface area (TPSA) is 107 Å². The molecule has 0 saturated carbocycles. The van der Waals surface area contributed by atoms with Gasteiger partial charge in [-0.25, -0.2) is 9.78 Å². The van der Waals surface area contributed by atoms with Crippen LogP contribution in [0.4, 0.5) is 0 Å². The second-order valence-electron chi connectivity index (χ2n) is 3.91. The van der Waals surface area contributed by atoms with Crippen molar-refractivity contribution in [2.24, 2.45) is 0 Å². The van der Waals surface area contributed by atoms with Crippen molar-refractivity contribution < 1.29 is 19.8 Å². The number of carbonyl (C=O) groups excluding carboxylic acids is 1. The molecule has 1 aliphatic heterocycles. The molecule has 1 fully saturated rings. The first-order chi connectivity index (χ1) is 8.15. The summed E-state index contributed by atoms with van der Waals surface area (Å²) in [6.45, 7) is 0.411. The van der Waals surface area contributed by atoms with E-state index in [-0.39, 0.29) is 24.0 Å². The molecule has 0 aromatic carbocycles. The largest absolute Gasteiger partial charge is 0.477 e. The summed E-state index contributed by atoms with van der Waals surface area (Å²) < 4.78 is 0. The van der Waals surface area contributed by atoms with Gasteiger partial charge in [-0.05, 0) is 12.8 Å². The highest BCUT2D eigenvalue weighted by Gasteiger charge is 2.32. The van der Waals surface area contributed by atoms with Gasteiger partial charge in [-0.3, -0.25) is 4.79 Å². The molecule has 1 atom stereocenters. The molecule has 0 spiro atoms. The van der Waals surface area contributed by atoms with E-state index in [9.17, 15) is 9.59 Å². The van der Waals surface area contributed by atoms with Crippen LogP contribution >= 0.6 is 0 Å². The summed E-state index contributed by atoms with van der Waals surface area (Å²) in [4.78, 5) is 30.6. The van der Waals surface area contributed by atoms with Gasteiger partial charge in [0.25, 0.3) is 5.91 Å². The summed E-state index contributed by atoms with van der Waals surface area (Å²) in [6.07, 6.45) is 2.72. The molecule has 1 unspecified atom stereocenters. The first kappa shape index (κ1) is 11.6. The normalized spacial score (nSPS) is 19.6. The molecule has 0 bridgehead atoms. The third-order valence-electron chi connectivity index (χ3n) is 2.90. The summed E-state index contributed by atoms with van der Waals surface area (Å²) in [5, 5.41) is 18.0. The van der Waals surface area contributed by atoms with Crippen molar-refractivity contribution in [2.45, 2.75) is 18.9 Å². The van der Waals surface area contributed by atoms with Crippen LogP contribution in [0.3, 0.4) is 0 Å². The number of aromatic amines is 1. The number of aliphatic hydroxyl groups excluding tert-OH is 1. The summed E-state index contributed by atoms with van der Waals surface area (Å²) in [5.74, 6) is -1.66. The van der Waals surface area contributed by atoms with Crippen LogP contribution in [0.25, 0.3) is 0 Å². The van der Waals surface area contributed by atoms with Crippen molar-refractivity contribution >= 4 is 11.9 Å². The number of aromatic carboxylic acids is 1. The number of nitrogens with one attached hydrogen (secondary N) is 1. The molecule has 7 nitrogen and oxygen atoms in total. The minimum Gasteiger partial charge on any atom is -0.477 e. The Kier molecular flexibility index (Phi) is 3.10. The van der Waals surface area contributed by atoms with Gasteiger partial charge in [0.15, 0.2) is 11.4 Å². The van der Waals surface area contributed by atoms with Gasteiger partial charge in [0.05, 0.1) is 19.0 Å². The third kappa shape index (κ3) is 2.01. The lowest BCUT2D eigenvalue weighted by atomic mass is 10.2. The van der Waals surface area contributed by atoms with Gasteiger partial charge in [0, 0.05) is 6.54 Å². The van der Waals surface area contributed by atoms with E-state index in [0.29, 0.717) is 6.54 Å². The third-order valence-corrected chi connectivity index (χ3v) is 2.90. The fraction of sp³-hybridized carbons (Fsp3) is 0.500. The Morgan fingerprint density at radius 3 is 3.00 bits per heavy atom. The van der Waals surface area contributed by atoms with Crippen LogP contribution in [0.2, 0.25) is 0 Å². The summed E-state index contributed by atoms with van der Waals surface area (Å²) >= 11 is 0. The van der Waals surface area contributed by atoms with Crippen LogP contribution in [-0.4, -0.2) is 56.2 Å². The van der Waals surface area contributed by atoms with E-state index in [1.54, 1.807) is 0 Å². The van der Waals surface area contributed by atoms with Crippen LogP contribution in [0.15, 0.2) is 6.33 Å². The van der Waals surface area contributed by atoms with Crippen LogP contribution < -0.4 is 0 Å². The predicted molar refractivity (Wildman–Crippen MR) is 56.7 cm³/mol. The Morgan fingerprint density at radius 1 is 1.59 bits per heavy atom. The van der Waals surface area contributed by atoms with Crippen LogP contribution in [0.1, 0.15) is 33.8 Å². The standard InChI is InChI=1S/C10H13N3O4/c14-4-6-2-1-3-13(6)9(15)7-8(10(16)17)12-5-11-7/h5-6,14H,1-4H2,(H,11,12)(H,16,17). The van der Waals surface area contributed by atoms with E-state index in [1.807, 2.05) is 0 Å². The van der Waals surface area contributed by atoms with E-state index in [4.69, 9.17) is 10.2 Å². The van der Waals surface area contributed by atoms with Crippen molar-refractivity contribution in [1.82, 2.24) is 14.9 Å². The molecule has 92 valence electrons. The minimum atomic E-state index is -1.22. The predicted octanol–water partition coefficient (Wildman–Crippen LogP) is -0.295. The van der Waals surface area contributed by atoms with E-state index < -0.39 is 11.9 Å². The number of imidazole rings is 1. The van der Waals surface area contributed by atoms with E-state index in [0.717, 1.165) is 12.8 Å². The van der Waals surface area contributed by atoms with Crippen molar-refractivity contribution in [3.63, 3.8) is 0 Å². The Labute approximate surface area is 97.1 Å². The second kappa shape index (κ2) is 4.54. The molecular formula is C10H13N3O4. The molecule has 7 heteroatoms. The number of carboxylic acids is 1. The molecule has 17 heavy (non-hydrogen) atoms. The number of amides is 1. The maximum Gasteiger partial charge on any atom is 0.354 e. The Balaban J connectivity index is 2.25. The first-order valence-corrected chi connectivity index (χ1v) is 5.33. The Bertz CT molecular complexity index is 443. The van der Waals surface area contributed by atoms with E-state index in [2.05, 4.69) is 9.97 Å². The molecule has 0 aliphatic carbocycles. The SMILES string of the molecule is O=C(O)c1[nH]cnc1C(=O)N1CCCC1CO. The summed E-state index contributed by atoms with van der Waals surface area (Å²) in [6, 6.07) is -0.235. The van der Waals surface area contributed by atoms with E-state index >= 15 is 0 Å².